The van der Waals surface area contributed by atoms with Crippen LogP contribution in [-0.4, -0.2) is 83.6 Å². The number of ether oxygens (including phenoxy) is 1. The van der Waals surface area contributed by atoms with Crippen LogP contribution in [0.3, 0.4) is 0 Å². The number of ketones is 1. The number of nitrogens with zero attached hydrogens (tertiary/aromatic N) is 1. The Kier molecular flexibility index (Phi) is 11.0. The lowest BCUT2D eigenvalue weighted by Gasteiger charge is -2.48. The molecule has 0 bridgehead atoms. The molecule has 1 heterocycles. The number of allylic oxidation sites excluding steroid dienone is 3. The molecule has 4 aliphatic rings. The topological polar surface area (TPSA) is 177 Å². The van der Waals surface area contributed by atoms with Gasteiger partial charge >= 0.3 is 12.0 Å². The van der Waals surface area contributed by atoms with E-state index < -0.39 is 89.8 Å². The van der Waals surface area contributed by atoms with E-state index in [1.807, 2.05) is 38.2 Å². The smallest absolute Gasteiger partial charge is 0.328 e. The second-order valence-corrected chi connectivity index (χ2v) is 16.2. The molecule has 0 spiro atoms. The first-order chi connectivity index (χ1) is 22.6. The SMILES string of the molecule is CC(C)[C@H](NC(=O)N[C@H](C(=O)N1C[C@H]2[C@H](CC2(C)C)[C@H]1C(=O)NC(CC1CC1(F)F)C(=O)C(N)=O)C(C)(C)C)C(=O)OCC1C=CC=CC1. The molecule has 49 heavy (non-hydrogen) atoms. The molecule has 8 atom stereocenters. The number of Topliss-reactive ketones (excluding diaryl/α,β-unsaturated/α-hetero) is 1. The number of halogens is 2. The number of hydrogen-bond donors (Lipinski definition) is 4. The monoisotopic (exact) mass is 691 g/mol. The van der Waals surface area contributed by atoms with Crippen molar-refractivity contribution in [3.05, 3.63) is 24.3 Å². The fourth-order valence-electron chi connectivity index (χ4n) is 7.28. The summed E-state index contributed by atoms with van der Waals surface area (Å²) in [5.41, 5.74) is 4.11. The summed E-state index contributed by atoms with van der Waals surface area (Å²) in [7, 11) is 0. The predicted molar refractivity (Wildman–Crippen MR) is 176 cm³/mol. The van der Waals surface area contributed by atoms with Gasteiger partial charge in [0, 0.05) is 24.8 Å². The van der Waals surface area contributed by atoms with Gasteiger partial charge in [0.2, 0.25) is 17.6 Å². The van der Waals surface area contributed by atoms with E-state index in [1.54, 1.807) is 34.6 Å². The summed E-state index contributed by atoms with van der Waals surface area (Å²) in [6.07, 6.45) is 8.09. The minimum absolute atomic E-state index is 0.0307. The van der Waals surface area contributed by atoms with E-state index in [1.165, 1.54) is 4.90 Å². The van der Waals surface area contributed by atoms with Gasteiger partial charge in [-0.05, 0) is 47.8 Å². The lowest BCUT2D eigenvalue weighted by Crippen LogP contribution is -2.62. The van der Waals surface area contributed by atoms with Crippen LogP contribution in [0, 0.1) is 40.4 Å². The molecule has 12 nitrogen and oxygen atoms in total. The standard InChI is InChI=1S/C35H51F2N5O7/c1-18(2)24(31(47)49-17-19-11-9-8-10-12-19)40-32(48)41-27(33(3,4)5)30(46)42-16-22-21(15-34(22,6)7)25(42)29(45)39-23(26(43)28(38)44)13-20-14-35(20,36)37/h8-11,18-25,27H,12-17H2,1-7H3,(H2,38,44)(H,39,45)(H2,40,41,48)/t19?,20?,21-,22-,23?,24-,25-,27+/m0/s1. The van der Waals surface area contributed by atoms with E-state index in [4.69, 9.17) is 10.5 Å². The number of esters is 1. The van der Waals surface area contributed by atoms with Gasteiger partial charge < -0.3 is 31.3 Å². The Morgan fingerprint density at radius 2 is 1.67 bits per heavy atom. The van der Waals surface area contributed by atoms with E-state index in [2.05, 4.69) is 16.0 Å². The van der Waals surface area contributed by atoms with Crippen molar-refractivity contribution in [2.45, 2.75) is 104 Å². The summed E-state index contributed by atoms with van der Waals surface area (Å²) < 4.78 is 33.0. The number of urea groups is 1. The van der Waals surface area contributed by atoms with Crippen molar-refractivity contribution in [3.63, 3.8) is 0 Å². The molecule has 1 aliphatic heterocycles. The number of nitrogens with two attached hydrogens (primary N) is 1. The molecule has 3 unspecified atom stereocenters. The fraction of sp³-hybridized carbons (Fsp3) is 0.714. The number of rotatable bonds is 13. The molecule has 0 aromatic carbocycles. The van der Waals surface area contributed by atoms with Crippen molar-refractivity contribution in [1.82, 2.24) is 20.9 Å². The van der Waals surface area contributed by atoms with Crippen molar-refractivity contribution in [2.75, 3.05) is 13.2 Å². The van der Waals surface area contributed by atoms with E-state index in [-0.39, 0.29) is 42.2 Å². The number of primary amides is 1. The highest BCUT2D eigenvalue weighted by molar-refractivity contribution is 6.37. The van der Waals surface area contributed by atoms with Crippen molar-refractivity contribution >= 4 is 35.5 Å². The minimum Gasteiger partial charge on any atom is -0.464 e. The maximum Gasteiger partial charge on any atom is 0.328 e. The molecule has 2 saturated carbocycles. The van der Waals surface area contributed by atoms with Crippen LogP contribution in [0.2, 0.25) is 0 Å². The molecule has 1 saturated heterocycles. The molecule has 272 valence electrons. The molecule has 0 aromatic heterocycles. The summed E-state index contributed by atoms with van der Waals surface area (Å²) in [6, 6.07) is -5.57. The lowest BCUT2D eigenvalue weighted by molar-refractivity contribution is -0.148. The van der Waals surface area contributed by atoms with Crippen LogP contribution in [0.1, 0.15) is 74.1 Å². The van der Waals surface area contributed by atoms with Gasteiger partial charge in [-0.1, -0.05) is 72.8 Å². The number of amides is 5. The van der Waals surface area contributed by atoms with Gasteiger partial charge in [-0.15, -0.1) is 0 Å². The van der Waals surface area contributed by atoms with Crippen molar-refractivity contribution in [2.24, 2.45) is 46.2 Å². The van der Waals surface area contributed by atoms with Crippen molar-refractivity contribution in [1.29, 1.82) is 0 Å². The highest BCUT2D eigenvalue weighted by Crippen LogP contribution is 2.57. The minimum atomic E-state index is -3.00. The molecule has 4 rings (SSSR count). The number of fused-ring (bicyclic) bond motifs is 1. The van der Waals surface area contributed by atoms with Crippen LogP contribution in [0.15, 0.2) is 24.3 Å². The first kappa shape index (κ1) is 38.0. The Labute approximate surface area is 286 Å². The Balaban J connectivity index is 1.50. The average Bonchev–Trinajstić information content (AvgIpc) is 3.46. The summed E-state index contributed by atoms with van der Waals surface area (Å²) in [4.78, 5) is 80.4. The Morgan fingerprint density at radius 3 is 2.18 bits per heavy atom. The summed E-state index contributed by atoms with van der Waals surface area (Å²) in [6.45, 7) is 13.1. The quantitative estimate of drug-likeness (QED) is 0.170. The van der Waals surface area contributed by atoms with Crippen LogP contribution in [0.25, 0.3) is 0 Å². The van der Waals surface area contributed by atoms with Crippen LogP contribution in [-0.2, 0) is 28.7 Å². The van der Waals surface area contributed by atoms with Gasteiger partial charge in [-0.2, -0.15) is 0 Å². The number of likely N-dealkylation sites (tertiary alicyclic amines) is 1. The molecular weight excluding hydrogens is 640 g/mol. The highest BCUT2D eigenvalue weighted by atomic mass is 19.3. The Bertz CT molecular complexity index is 1400. The predicted octanol–water partition coefficient (Wildman–Crippen LogP) is 2.86. The molecular formula is C35H51F2N5O7. The molecule has 0 radical (unpaired) electrons. The van der Waals surface area contributed by atoms with Crippen LogP contribution < -0.4 is 21.7 Å². The van der Waals surface area contributed by atoms with E-state index in [9.17, 15) is 37.5 Å². The van der Waals surface area contributed by atoms with E-state index >= 15 is 0 Å². The zero-order chi connectivity index (χ0) is 36.6. The number of carbonyl (C=O) groups excluding carboxylic acids is 6. The normalized spacial score (nSPS) is 28.0. The summed E-state index contributed by atoms with van der Waals surface area (Å²) in [5.74, 6) is -9.32. The number of alkyl halides is 2. The highest BCUT2D eigenvalue weighted by Gasteiger charge is 2.62. The number of hydrogen-bond acceptors (Lipinski definition) is 7. The number of nitrogens with one attached hydrogen (secondary N) is 3. The lowest BCUT2D eigenvalue weighted by atomic mass is 9.55. The second kappa shape index (κ2) is 14.2. The van der Waals surface area contributed by atoms with Crippen molar-refractivity contribution < 1.29 is 42.3 Å². The maximum absolute atomic E-state index is 14.4. The van der Waals surface area contributed by atoms with E-state index in [0.717, 1.165) is 6.42 Å². The largest absolute Gasteiger partial charge is 0.464 e. The first-order valence-electron chi connectivity index (χ1n) is 17.0. The van der Waals surface area contributed by atoms with Gasteiger partial charge in [-0.3, -0.25) is 19.2 Å². The van der Waals surface area contributed by atoms with Gasteiger partial charge in [0.05, 0.1) is 12.6 Å². The Morgan fingerprint density at radius 1 is 1.02 bits per heavy atom. The van der Waals surface area contributed by atoms with Gasteiger partial charge in [0.25, 0.3) is 11.8 Å². The fourth-order valence-corrected chi connectivity index (χ4v) is 7.28. The third-order valence-corrected chi connectivity index (χ3v) is 10.4. The van der Waals surface area contributed by atoms with Crippen LogP contribution in [0.5, 0.6) is 0 Å². The average molecular weight is 692 g/mol. The van der Waals surface area contributed by atoms with Crippen LogP contribution in [0.4, 0.5) is 13.6 Å². The number of carbonyl (C=O) groups is 6. The molecule has 3 aliphatic carbocycles. The third kappa shape index (κ3) is 8.67. The van der Waals surface area contributed by atoms with Gasteiger partial charge in [0.15, 0.2) is 0 Å². The first-order valence-corrected chi connectivity index (χ1v) is 17.0. The molecule has 14 heteroatoms. The summed E-state index contributed by atoms with van der Waals surface area (Å²) >= 11 is 0. The van der Waals surface area contributed by atoms with Gasteiger partial charge in [-0.25, -0.2) is 18.4 Å². The molecule has 5 N–H and O–H groups in total. The maximum atomic E-state index is 14.4. The summed E-state index contributed by atoms with van der Waals surface area (Å²) in [5, 5.41) is 7.86. The Hall–Kier alpha value is -3.84. The zero-order valence-electron chi connectivity index (χ0n) is 29.4. The molecule has 5 amide bonds. The van der Waals surface area contributed by atoms with Gasteiger partial charge in [0.1, 0.15) is 18.1 Å². The van der Waals surface area contributed by atoms with Crippen LogP contribution >= 0.6 is 0 Å². The molecule has 3 fully saturated rings. The third-order valence-electron chi connectivity index (χ3n) is 10.4. The molecule has 0 aromatic rings. The van der Waals surface area contributed by atoms with E-state index in [0.29, 0.717) is 6.42 Å². The zero-order valence-corrected chi connectivity index (χ0v) is 29.4. The van der Waals surface area contributed by atoms with Crippen molar-refractivity contribution in [3.8, 4) is 0 Å². The second-order valence-electron chi connectivity index (χ2n) is 16.2.